The Morgan fingerprint density at radius 1 is 0.955 bits per heavy atom. The predicted molar refractivity (Wildman–Crippen MR) is 90.3 cm³/mol. The molecule has 2 aromatic rings. The molecule has 0 radical (unpaired) electrons. The standard InChI is InChI=1S/C19H27N3/c1-2-6-17(7-3-1)22-12-10-21(11-13-22)15-16-14-20-19-9-5-4-8-18(16)19/h4-5,8-9,14,17,20H,1-3,6-7,10-13,15H2/p+2. The Hall–Kier alpha value is -1.32. The maximum Gasteiger partial charge on any atom is 0.127 e. The molecule has 118 valence electrons. The zero-order valence-corrected chi connectivity index (χ0v) is 13.5. The van der Waals surface area contributed by atoms with Crippen LogP contribution in [0.15, 0.2) is 30.5 Å². The summed E-state index contributed by atoms with van der Waals surface area (Å²) < 4.78 is 0. The van der Waals surface area contributed by atoms with Gasteiger partial charge in [-0.1, -0.05) is 24.6 Å². The van der Waals surface area contributed by atoms with Gasteiger partial charge in [0.2, 0.25) is 0 Å². The minimum absolute atomic E-state index is 0.975. The summed E-state index contributed by atoms with van der Waals surface area (Å²) in [5, 5.41) is 1.41. The van der Waals surface area contributed by atoms with Crippen LogP contribution in [0.2, 0.25) is 0 Å². The van der Waals surface area contributed by atoms with Crippen LogP contribution in [-0.2, 0) is 6.54 Å². The first kappa shape index (κ1) is 14.3. The number of H-pyrrole nitrogens is 1. The van der Waals surface area contributed by atoms with Gasteiger partial charge in [0, 0.05) is 22.7 Å². The maximum atomic E-state index is 3.42. The molecule has 0 amide bonds. The van der Waals surface area contributed by atoms with Crippen LogP contribution in [0.4, 0.5) is 0 Å². The molecule has 4 rings (SSSR count). The van der Waals surface area contributed by atoms with E-state index in [1.165, 1.54) is 81.3 Å². The van der Waals surface area contributed by atoms with Crippen LogP contribution in [0.5, 0.6) is 0 Å². The van der Waals surface area contributed by atoms with Crippen LogP contribution in [0.1, 0.15) is 37.7 Å². The molecule has 1 aliphatic heterocycles. The summed E-state index contributed by atoms with van der Waals surface area (Å²) in [6.45, 7) is 6.61. The van der Waals surface area contributed by atoms with E-state index >= 15 is 0 Å². The summed E-state index contributed by atoms with van der Waals surface area (Å²) >= 11 is 0. The van der Waals surface area contributed by atoms with Gasteiger partial charge in [0.05, 0.1) is 6.04 Å². The lowest BCUT2D eigenvalue weighted by Gasteiger charge is -2.36. The monoisotopic (exact) mass is 299 g/mol. The van der Waals surface area contributed by atoms with Crippen LogP contribution in [0.25, 0.3) is 10.9 Å². The van der Waals surface area contributed by atoms with Crippen LogP contribution in [-0.4, -0.2) is 37.2 Å². The van der Waals surface area contributed by atoms with Crippen LogP contribution < -0.4 is 9.80 Å². The average molecular weight is 299 g/mol. The van der Waals surface area contributed by atoms with Gasteiger partial charge in [0.1, 0.15) is 32.7 Å². The third kappa shape index (κ3) is 2.92. The molecule has 2 fully saturated rings. The highest BCUT2D eigenvalue weighted by molar-refractivity contribution is 5.82. The van der Waals surface area contributed by atoms with E-state index in [1.807, 2.05) is 4.90 Å². The van der Waals surface area contributed by atoms with Crippen LogP contribution >= 0.6 is 0 Å². The molecule has 3 heteroatoms. The summed E-state index contributed by atoms with van der Waals surface area (Å²) in [5.41, 5.74) is 2.77. The molecule has 2 heterocycles. The number of quaternary nitrogens is 2. The average Bonchev–Trinajstić information content (AvgIpc) is 3.00. The zero-order valence-electron chi connectivity index (χ0n) is 13.5. The number of hydrogen-bond acceptors (Lipinski definition) is 0. The number of aromatic amines is 1. The van der Waals surface area contributed by atoms with Crippen molar-refractivity contribution in [1.82, 2.24) is 4.98 Å². The van der Waals surface area contributed by atoms with Gasteiger partial charge in [-0.15, -0.1) is 0 Å². The first-order valence-corrected chi connectivity index (χ1v) is 9.13. The van der Waals surface area contributed by atoms with Crippen molar-refractivity contribution in [2.75, 3.05) is 26.2 Å². The fraction of sp³-hybridized carbons (Fsp3) is 0.579. The molecule has 1 aliphatic carbocycles. The molecular formula is C19H29N3+2. The van der Waals surface area contributed by atoms with Crippen molar-refractivity contribution in [3.05, 3.63) is 36.0 Å². The Labute approximate surface area is 133 Å². The fourth-order valence-corrected chi connectivity index (χ4v) is 4.57. The molecule has 1 aromatic carbocycles. The summed E-state index contributed by atoms with van der Waals surface area (Å²) in [7, 11) is 0. The first-order valence-electron chi connectivity index (χ1n) is 9.13. The number of aromatic nitrogens is 1. The van der Waals surface area contributed by atoms with Crippen molar-refractivity contribution < 1.29 is 9.80 Å². The second-order valence-electron chi connectivity index (χ2n) is 7.28. The molecule has 1 saturated heterocycles. The number of piperazine rings is 1. The number of para-hydroxylation sites is 1. The normalized spacial score (nSPS) is 27.3. The van der Waals surface area contributed by atoms with E-state index in [0.717, 1.165) is 6.04 Å². The number of hydrogen-bond donors (Lipinski definition) is 3. The lowest BCUT2D eigenvalue weighted by Crippen LogP contribution is -3.29. The Morgan fingerprint density at radius 3 is 2.55 bits per heavy atom. The van der Waals surface area contributed by atoms with E-state index in [4.69, 9.17) is 0 Å². The van der Waals surface area contributed by atoms with Gasteiger partial charge in [-0.2, -0.15) is 0 Å². The van der Waals surface area contributed by atoms with Gasteiger partial charge in [-0.3, -0.25) is 0 Å². The highest BCUT2D eigenvalue weighted by atomic mass is 15.3. The minimum Gasteiger partial charge on any atom is -0.361 e. The smallest absolute Gasteiger partial charge is 0.127 e. The Bertz CT molecular complexity index is 604. The molecule has 0 atom stereocenters. The van der Waals surface area contributed by atoms with Gasteiger partial charge < -0.3 is 14.8 Å². The molecule has 22 heavy (non-hydrogen) atoms. The van der Waals surface area contributed by atoms with Crippen molar-refractivity contribution in [2.24, 2.45) is 0 Å². The Balaban J connectivity index is 1.35. The molecule has 3 nitrogen and oxygen atoms in total. The Morgan fingerprint density at radius 2 is 1.73 bits per heavy atom. The first-order chi connectivity index (χ1) is 10.9. The quantitative estimate of drug-likeness (QED) is 0.747. The molecule has 1 aromatic heterocycles. The SMILES string of the molecule is c1ccc2c(C[NH+]3CC[NH+](C4CCCCC4)CC3)c[nH]c2c1. The van der Waals surface area contributed by atoms with Crippen molar-refractivity contribution in [3.63, 3.8) is 0 Å². The summed E-state index contributed by atoms with van der Waals surface area (Å²) in [4.78, 5) is 7.09. The summed E-state index contributed by atoms with van der Waals surface area (Å²) in [6.07, 6.45) is 9.60. The van der Waals surface area contributed by atoms with Crippen LogP contribution in [0, 0.1) is 0 Å². The van der Waals surface area contributed by atoms with Crippen molar-refractivity contribution in [1.29, 1.82) is 0 Å². The lowest BCUT2D eigenvalue weighted by molar-refractivity contribution is -1.03. The van der Waals surface area contributed by atoms with Gasteiger partial charge in [-0.05, 0) is 31.7 Å². The second kappa shape index (κ2) is 6.43. The molecular weight excluding hydrogens is 270 g/mol. The molecule has 0 unspecified atom stereocenters. The van der Waals surface area contributed by atoms with Crippen molar-refractivity contribution in [3.8, 4) is 0 Å². The third-order valence-corrected chi connectivity index (χ3v) is 5.90. The van der Waals surface area contributed by atoms with Gasteiger partial charge in [-0.25, -0.2) is 0 Å². The third-order valence-electron chi connectivity index (χ3n) is 5.90. The maximum absolute atomic E-state index is 3.42. The van der Waals surface area contributed by atoms with E-state index in [2.05, 4.69) is 35.4 Å². The van der Waals surface area contributed by atoms with Gasteiger partial charge in [0.25, 0.3) is 0 Å². The summed E-state index contributed by atoms with van der Waals surface area (Å²) in [6, 6.07) is 9.68. The number of nitrogens with one attached hydrogen (secondary N) is 3. The lowest BCUT2D eigenvalue weighted by atomic mass is 9.94. The topological polar surface area (TPSA) is 24.7 Å². The van der Waals surface area contributed by atoms with E-state index in [9.17, 15) is 0 Å². The molecule has 0 spiro atoms. The predicted octanol–water partition coefficient (Wildman–Crippen LogP) is 0.784. The van der Waals surface area contributed by atoms with Crippen LogP contribution in [0.3, 0.4) is 0 Å². The molecule has 3 N–H and O–H groups in total. The van der Waals surface area contributed by atoms with Crippen molar-refractivity contribution in [2.45, 2.75) is 44.7 Å². The highest BCUT2D eigenvalue weighted by Crippen LogP contribution is 2.17. The van der Waals surface area contributed by atoms with E-state index < -0.39 is 0 Å². The number of rotatable bonds is 3. The summed E-state index contributed by atoms with van der Waals surface area (Å²) in [5.74, 6) is 0. The Kier molecular flexibility index (Phi) is 4.17. The van der Waals surface area contributed by atoms with Crippen molar-refractivity contribution >= 4 is 10.9 Å². The molecule has 1 saturated carbocycles. The highest BCUT2D eigenvalue weighted by Gasteiger charge is 2.30. The van der Waals surface area contributed by atoms with E-state index in [0.29, 0.717) is 0 Å². The zero-order chi connectivity index (χ0) is 14.8. The number of fused-ring (bicyclic) bond motifs is 1. The number of benzene rings is 1. The van der Waals surface area contributed by atoms with E-state index in [1.54, 1.807) is 4.90 Å². The largest absolute Gasteiger partial charge is 0.361 e. The fourth-order valence-electron chi connectivity index (χ4n) is 4.57. The second-order valence-corrected chi connectivity index (χ2v) is 7.28. The molecule has 0 bridgehead atoms. The van der Waals surface area contributed by atoms with Gasteiger partial charge >= 0.3 is 0 Å². The molecule has 2 aliphatic rings. The van der Waals surface area contributed by atoms with Gasteiger partial charge in [0.15, 0.2) is 0 Å². The minimum atomic E-state index is 0.975. The van der Waals surface area contributed by atoms with E-state index in [-0.39, 0.29) is 0 Å².